The number of benzene rings is 2. The molecule has 2 aromatic carbocycles. The number of amides is 1. The number of carbonyl (C=O) groups is 1. The normalized spacial score (nSPS) is 11.5. The maximum Gasteiger partial charge on any atom is 0.261 e. The molecule has 1 amide bonds. The number of carbonyl (C=O) groups excluding carboxylic acids is 1. The maximum absolute atomic E-state index is 13.7. The molecule has 0 saturated carbocycles. The van der Waals surface area contributed by atoms with Gasteiger partial charge in [0.05, 0.1) is 26.5 Å². The van der Waals surface area contributed by atoms with E-state index in [4.69, 9.17) is 13.9 Å². The van der Waals surface area contributed by atoms with Gasteiger partial charge in [0.15, 0.2) is 17.2 Å². The predicted octanol–water partition coefficient (Wildman–Crippen LogP) is 4.41. The second-order valence-electron chi connectivity index (χ2n) is 7.47. The van der Waals surface area contributed by atoms with Crippen LogP contribution in [0.1, 0.15) is 21.6 Å². The molecule has 0 aliphatic carbocycles. The molecule has 4 rings (SSSR count). The van der Waals surface area contributed by atoms with E-state index >= 15 is 0 Å². The minimum Gasteiger partial charge on any atom is -0.497 e. The van der Waals surface area contributed by atoms with Crippen LogP contribution in [0.15, 0.2) is 58.1 Å². The summed E-state index contributed by atoms with van der Waals surface area (Å²) in [6.07, 6.45) is 1.48. The molecular formula is C25H21F2N3O5. The molecule has 0 radical (unpaired) electrons. The second-order valence-corrected chi connectivity index (χ2v) is 7.47. The number of rotatable bonds is 6. The average molecular weight is 481 g/mol. The Bertz CT molecular complexity index is 1500. The van der Waals surface area contributed by atoms with Crippen molar-refractivity contribution in [2.24, 2.45) is 4.99 Å². The first-order valence-corrected chi connectivity index (χ1v) is 10.4. The first-order valence-electron chi connectivity index (χ1n) is 10.4. The summed E-state index contributed by atoms with van der Waals surface area (Å²) < 4.78 is 43.7. The fourth-order valence-corrected chi connectivity index (χ4v) is 3.43. The van der Waals surface area contributed by atoms with Gasteiger partial charge in [-0.25, -0.2) is 13.8 Å². The number of fused-ring (bicyclic) bond motifs is 1. The van der Waals surface area contributed by atoms with Crippen LogP contribution in [-0.4, -0.2) is 30.2 Å². The highest BCUT2D eigenvalue weighted by Gasteiger charge is 2.18. The number of hydrogen-bond acceptors (Lipinski definition) is 7. The third-order valence-electron chi connectivity index (χ3n) is 5.25. The molecule has 0 aliphatic heterocycles. The van der Waals surface area contributed by atoms with Gasteiger partial charge in [0.2, 0.25) is 5.55 Å². The van der Waals surface area contributed by atoms with Crippen molar-refractivity contribution >= 4 is 28.3 Å². The van der Waals surface area contributed by atoms with E-state index < -0.39 is 17.5 Å². The molecule has 2 N–H and O–H groups in total. The van der Waals surface area contributed by atoms with Crippen molar-refractivity contribution in [1.29, 1.82) is 0 Å². The quantitative estimate of drug-likeness (QED) is 0.423. The van der Waals surface area contributed by atoms with Gasteiger partial charge < -0.3 is 24.3 Å². The summed E-state index contributed by atoms with van der Waals surface area (Å²) in [5.74, 6) is -1.95. The minimum absolute atomic E-state index is 0.0209. The van der Waals surface area contributed by atoms with E-state index in [-0.39, 0.29) is 23.4 Å². The highest BCUT2D eigenvalue weighted by molar-refractivity contribution is 6.05. The lowest BCUT2D eigenvalue weighted by Gasteiger charge is -2.11. The number of ether oxygens (including phenoxy) is 2. The standard InChI is InChI=1S/C25H21F2N3O5/c1-13-23-17(14(12-31)11-28-13)10-18(24(32)29-15-4-6-19(26)20(27)8-15)25(35-23)30-21-9-16(33-2)5-7-22(21)34-3/h4-11,31H,12H2,1-3H3,(H,29,32). The lowest BCUT2D eigenvalue weighted by atomic mass is 10.1. The Labute approximate surface area is 198 Å². The van der Waals surface area contributed by atoms with Crippen molar-refractivity contribution in [1.82, 2.24) is 4.98 Å². The fraction of sp³-hybridized carbons (Fsp3) is 0.160. The molecule has 2 heterocycles. The Kier molecular flexibility index (Phi) is 6.74. The third kappa shape index (κ3) is 4.82. The number of aryl methyl sites for hydroxylation is 1. The van der Waals surface area contributed by atoms with Crippen LogP contribution in [0.25, 0.3) is 11.0 Å². The number of hydrogen-bond donors (Lipinski definition) is 2. The van der Waals surface area contributed by atoms with Crippen LogP contribution in [0, 0.1) is 18.6 Å². The molecule has 0 bridgehead atoms. The molecule has 4 aromatic rings. The van der Waals surface area contributed by atoms with Crippen LogP contribution in [0.5, 0.6) is 11.5 Å². The molecule has 0 atom stereocenters. The van der Waals surface area contributed by atoms with Gasteiger partial charge >= 0.3 is 0 Å². The molecule has 0 fully saturated rings. The summed E-state index contributed by atoms with van der Waals surface area (Å²) in [6.45, 7) is 1.37. The molecule has 35 heavy (non-hydrogen) atoms. The highest BCUT2D eigenvalue weighted by Crippen LogP contribution is 2.31. The van der Waals surface area contributed by atoms with Gasteiger partial charge in [0.1, 0.15) is 22.7 Å². The number of pyridine rings is 1. The molecule has 2 aromatic heterocycles. The largest absolute Gasteiger partial charge is 0.497 e. The SMILES string of the molecule is COc1ccc(OC)c(N=c2oc3c(C)ncc(CO)c3cc2C(=O)Nc2ccc(F)c(F)c2)c1. The lowest BCUT2D eigenvalue weighted by Crippen LogP contribution is -2.22. The molecule has 8 nitrogen and oxygen atoms in total. The Balaban J connectivity index is 1.95. The Morgan fingerprint density at radius 2 is 1.91 bits per heavy atom. The molecule has 0 unspecified atom stereocenters. The van der Waals surface area contributed by atoms with Gasteiger partial charge in [0.25, 0.3) is 5.91 Å². The topological polar surface area (TPSA) is 106 Å². The van der Waals surface area contributed by atoms with Crippen molar-refractivity contribution in [3.8, 4) is 11.5 Å². The van der Waals surface area contributed by atoms with Crippen molar-refractivity contribution in [2.45, 2.75) is 13.5 Å². The number of anilines is 1. The summed E-state index contributed by atoms with van der Waals surface area (Å²) in [6, 6.07) is 9.43. The van der Waals surface area contributed by atoms with Crippen LogP contribution in [0.2, 0.25) is 0 Å². The van der Waals surface area contributed by atoms with Gasteiger partial charge in [-0.05, 0) is 37.3 Å². The van der Waals surface area contributed by atoms with E-state index in [0.29, 0.717) is 39.4 Å². The van der Waals surface area contributed by atoms with Crippen LogP contribution in [0.3, 0.4) is 0 Å². The number of nitrogens with one attached hydrogen (secondary N) is 1. The fourth-order valence-electron chi connectivity index (χ4n) is 3.43. The van der Waals surface area contributed by atoms with E-state index in [9.17, 15) is 18.7 Å². The van der Waals surface area contributed by atoms with E-state index in [2.05, 4.69) is 15.3 Å². The lowest BCUT2D eigenvalue weighted by molar-refractivity contribution is 0.102. The molecule has 0 aliphatic rings. The van der Waals surface area contributed by atoms with Crippen molar-refractivity contribution < 1.29 is 32.6 Å². The zero-order valence-electron chi connectivity index (χ0n) is 19.1. The van der Waals surface area contributed by atoms with E-state index in [1.807, 2.05) is 0 Å². The van der Waals surface area contributed by atoms with Crippen LogP contribution in [-0.2, 0) is 6.61 Å². The Hall–Kier alpha value is -4.31. The van der Waals surface area contributed by atoms with Gasteiger partial charge in [-0.3, -0.25) is 9.78 Å². The summed E-state index contributed by atoms with van der Waals surface area (Å²) in [7, 11) is 2.97. The number of aliphatic hydroxyl groups excluding tert-OH is 1. The second kappa shape index (κ2) is 9.90. The van der Waals surface area contributed by atoms with Gasteiger partial charge in [-0.15, -0.1) is 0 Å². The number of methoxy groups -OCH3 is 2. The van der Waals surface area contributed by atoms with E-state index in [0.717, 1.165) is 12.1 Å². The molecule has 0 saturated heterocycles. The van der Waals surface area contributed by atoms with Crippen molar-refractivity contribution in [3.63, 3.8) is 0 Å². The number of halogens is 2. The van der Waals surface area contributed by atoms with E-state index in [1.54, 1.807) is 25.1 Å². The van der Waals surface area contributed by atoms with Crippen molar-refractivity contribution in [3.05, 3.63) is 82.7 Å². The molecule has 10 heteroatoms. The third-order valence-corrected chi connectivity index (χ3v) is 5.25. The Morgan fingerprint density at radius 1 is 1.11 bits per heavy atom. The smallest absolute Gasteiger partial charge is 0.261 e. The predicted molar refractivity (Wildman–Crippen MR) is 124 cm³/mol. The monoisotopic (exact) mass is 481 g/mol. The minimum atomic E-state index is -1.11. The van der Waals surface area contributed by atoms with Crippen LogP contribution >= 0.6 is 0 Å². The summed E-state index contributed by atoms with van der Waals surface area (Å²) in [4.78, 5) is 22.0. The Morgan fingerprint density at radius 3 is 2.60 bits per heavy atom. The van der Waals surface area contributed by atoms with Gasteiger partial charge in [-0.2, -0.15) is 0 Å². The van der Waals surface area contributed by atoms with Gasteiger partial charge in [-0.1, -0.05) is 0 Å². The zero-order valence-corrected chi connectivity index (χ0v) is 19.1. The number of aromatic nitrogens is 1. The summed E-state index contributed by atoms with van der Waals surface area (Å²) in [5.41, 5.74) is 1.51. The summed E-state index contributed by atoms with van der Waals surface area (Å²) >= 11 is 0. The number of nitrogens with zero attached hydrogens (tertiary/aromatic N) is 2. The number of aliphatic hydroxyl groups is 1. The van der Waals surface area contributed by atoms with Crippen LogP contribution < -0.4 is 20.3 Å². The first kappa shape index (κ1) is 23.8. The van der Waals surface area contributed by atoms with Crippen LogP contribution in [0.4, 0.5) is 20.2 Å². The molecular weight excluding hydrogens is 460 g/mol. The highest BCUT2D eigenvalue weighted by atomic mass is 19.2. The first-order chi connectivity index (χ1) is 16.8. The van der Waals surface area contributed by atoms with Gasteiger partial charge in [0, 0.05) is 35.0 Å². The summed E-state index contributed by atoms with van der Waals surface area (Å²) in [5, 5.41) is 12.7. The average Bonchev–Trinajstić information content (AvgIpc) is 2.86. The van der Waals surface area contributed by atoms with E-state index in [1.165, 1.54) is 32.5 Å². The van der Waals surface area contributed by atoms with Crippen molar-refractivity contribution in [2.75, 3.05) is 19.5 Å². The molecule has 0 spiro atoms. The maximum atomic E-state index is 13.7. The molecule has 180 valence electrons. The zero-order chi connectivity index (χ0) is 25.1.